The molecule has 0 amide bonds. The van der Waals surface area contributed by atoms with E-state index in [1.54, 1.807) is 12.4 Å². The van der Waals surface area contributed by atoms with Crippen molar-refractivity contribution in [2.45, 2.75) is 25.5 Å². The number of imidazole rings is 1. The van der Waals surface area contributed by atoms with Crippen LogP contribution in [0.3, 0.4) is 0 Å². The Morgan fingerprint density at radius 2 is 2.07 bits per heavy atom. The van der Waals surface area contributed by atoms with Crippen LogP contribution in [0.15, 0.2) is 58.3 Å². The molecule has 3 aromatic rings. The minimum Gasteiger partial charge on any atom is -0.481 e. The minimum absolute atomic E-state index is 0.0367. The van der Waals surface area contributed by atoms with Crippen molar-refractivity contribution in [3.05, 3.63) is 76.0 Å². The van der Waals surface area contributed by atoms with Gasteiger partial charge in [0, 0.05) is 22.7 Å². The number of aliphatic carboxylic acids is 1. The van der Waals surface area contributed by atoms with Crippen molar-refractivity contribution in [3.8, 4) is 5.69 Å². The van der Waals surface area contributed by atoms with E-state index in [0.717, 1.165) is 15.7 Å². The number of aliphatic imine (C=N–C) groups is 1. The first-order valence-corrected chi connectivity index (χ1v) is 9.56. The number of carboxylic acids is 1. The van der Waals surface area contributed by atoms with Crippen molar-refractivity contribution in [2.75, 3.05) is 0 Å². The molecule has 1 aliphatic heterocycles. The summed E-state index contributed by atoms with van der Waals surface area (Å²) in [6.07, 6.45) is 3.56. The topological polar surface area (TPSA) is 101 Å². The average molecular weight is 441 g/mol. The summed E-state index contributed by atoms with van der Waals surface area (Å²) in [5.74, 6) is -0.278. The summed E-state index contributed by atoms with van der Waals surface area (Å²) in [6.45, 7) is -0.187. The lowest BCUT2D eigenvalue weighted by atomic mass is 10.0. The number of carbonyl (C=O) groups is 1. The third-order valence-electron chi connectivity index (χ3n) is 4.60. The first-order chi connectivity index (χ1) is 13.6. The van der Waals surface area contributed by atoms with Crippen molar-refractivity contribution in [3.63, 3.8) is 0 Å². The van der Waals surface area contributed by atoms with Gasteiger partial charge in [0.15, 0.2) is 0 Å². The second kappa shape index (κ2) is 7.65. The summed E-state index contributed by atoms with van der Waals surface area (Å²) < 4.78 is 2.75. The van der Waals surface area contributed by atoms with Gasteiger partial charge in [-0.2, -0.15) is 0 Å². The fourth-order valence-corrected chi connectivity index (χ4v) is 3.73. The largest absolute Gasteiger partial charge is 0.481 e. The maximum atomic E-state index is 11.2. The van der Waals surface area contributed by atoms with Gasteiger partial charge in [0.25, 0.3) is 0 Å². The number of aromatic nitrogens is 3. The van der Waals surface area contributed by atoms with E-state index in [1.165, 1.54) is 0 Å². The molecule has 3 heterocycles. The van der Waals surface area contributed by atoms with Crippen molar-refractivity contribution < 1.29 is 15.0 Å². The Morgan fingerprint density at radius 1 is 1.21 bits per heavy atom. The zero-order valence-electron chi connectivity index (χ0n) is 14.8. The summed E-state index contributed by atoms with van der Waals surface area (Å²) in [5, 5.41) is 19.0. The van der Waals surface area contributed by atoms with E-state index in [9.17, 15) is 15.0 Å². The number of hydrogen-bond donors (Lipinski definition) is 2. The number of nitrogens with zero attached hydrogens (tertiary/aromatic N) is 4. The Labute approximate surface area is 169 Å². The zero-order chi connectivity index (χ0) is 19.7. The number of hydrogen-bond acceptors (Lipinski definition) is 5. The maximum Gasteiger partial charge on any atom is 0.303 e. The lowest BCUT2D eigenvalue weighted by molar-refractivity contribution is -0.137. The molecule has 4 rings (SSSR count). The predicted molar refractivity (Wildman–Crippen MR) is 107 cm³/mol. The molecular weight excluding hydrogens is 424 g/mol. The van der Waals surface area contributed by atoms with E-state index in [-0.39, 0.29) is 13.0 Å². The summed E-state index contributed by atoms with van der Waals surface area (Å²) in [6, 6.07) is 10.9. The van der Waals surface area contributed by atoms with Crippen LogP contribution in [-0.2, 0) is 11.4 Å². The molecule has 1 aromatic carbocycles. The summed E-state index contributed by atoms with van der Waals surface area (Å²) in [5.41, 5.74) is 3.64. The number of halogens is 1. The fraction of sp³-hybridized carbons (Fsp3) is 0.200. The highest BCUT2D eigenvalue weighted by molar-refractivity contribution is 9.10. The number of aliphatic hydroxyl groups excluding tert-OH is 1. The molecule has 0 fully saturated rings. The molecule has 7 nitrogen and oxygen atoms in total. The highest BCUT2D eigenvalue weighted by Gasteiger charge is 2.28. The molecule has 2 aromatic heterocycles. The van der Waals surface area contributed by atoms with E-state index < -0.39 is 12.0 Å². The van der Waals surface area contributed by atoms with Gasteiger partial charge in [-0.1, -0.05) is 22.0 Å². The van der Waals surface area contributed by atoms with Gasteiger partial charge in [-0.25, -0.2) is 4.98 Å². The Kier molecular flexibility index (Phi) is 5.06. The third kappa shape index (κ3) is 3.36. The first kappa shape index (κ1) is 18.5. The van der Waals surface area contributed by atoms with Gasteiger partial charge < -0.3 is 10.2 Å². The van der Waals surface area contributed by atoms with Crippen LogP contribution in [0.2, 0.25) is 0 Å². The molecule has 142 valence electrons. The second-order valence-electron chi connectivity index (χ2n) is 6.40. The quantitative estimate of drug-likeness (QED) is 0.633. The van der Waals surface area contributed by atoms with Gasteiger partial charge in [-0.3, -0.25) is 19.3 Å². The Bertz CT molecular complexity index is 1060. The lowest BCUT2D eigenvalue weighted by Gasteiger charge is -2.14. The number of rotatable bonds is 5. The first-order valence-electron chi connectivity index (χ1n) is 8.77. The van der Waals surface area contributed by atoms with Gasteiger partial charge in [-0.15, -0.1) is 0 Å². The zero-order valence-corrected chi connectivity index (χ0v) is 16.4. The highest BCUT2D eigenvalue weighted by atomic mass is 79.9. The van der Waals surface area contributed by atoms with E-state index in [1.807, 2.05) is 41.0 Å². The number of carboxylic acid groups (broad SMARTS) is 1. The number of pyridine rings is 1. The molecule has 28 heavy (non-hydrogen) atoms. The normalized spacial score (nSPS) is 15.4. The van der Waals surface area contributed by atoms with Crippen molar-refractivity contribution in [2.24, 2.45) is 4.99 Å². The van der Waals surface area contributed by atoms with Crippen LogP contribution in [0.5, 0.6) is 0 Å². The van der Waals surface area contributed by atoms with Gasteiger partial charge in [0.05, 0.1) is 35.6 Å². The van der Waals surface area contributed by atoms with Crippen molar-refractivity contribution in [1.29, 1.82) is 0 Å². The van der Waals surface area contributed by atoms with Crippen LogP contribution in [0, 0.1) is 0 Å². The molecule has 1 atom stereocenters. The fourth-order valence-electron chi connectivity index (χ4n) is 3.36. The van der Waals surface area contributed by atoms with Gasteiger partial charge in [0.1, 0.15) is 11.9 Å². The minimum atomic E-state index is -0.889. The molecule has 0 saturated carbocycles. The van der Waals surface area contributed by atoms with Crippen LogP contribution in [-0.4, -0.2) is 36.4 Å². The molecule has 0 aliphatic carbocycles. The Hall–Kier alpha value is -2.84. The smallest absolute Gasteiger partial charge is 0.303 e. The maximum absolute atomic E-state index is 11.2. The summed E-state index contributed by atoms with van der Waals surface area (Å²) >= 11 is 3.52. The third-order valence-corrected chi connectivity index (χ3v) is 5.09. The molecule has 0 radical (unpaired) electrons. The standard InChI is InChI=1S/C20H17BrN4O3/c21-12-4-6-17-14(9-12)19(15-3-1-2-8-22-15)24-16(5-7-18(27)28)20-23-10-13(11-26)25(17)20/h1-4,6,8-10,16,26H,5,7,11H2,(H,27,28). The molecule has 2 N–H and O–H groups in total. The monoisotopic (exact) mass is 440 g/mol. The Balaban J connectivity index is 1.98. The molecule has 1 aliphatic rings. The molecule has 1 unspecified atom stereocenters. The van der Waals surface area contributed by atoms with Crippen molar-refractivity contribution in [1.82, 2.24) is 14.5 Å². The van der Waals surface area contributed by atoms with Crippen molar-refractivity contribution >= 4 is 27.6 Å². The molecular formula is C20H17BrN4O3. The highest BCUT2D eigenvalue weighted by Crippen LogP contribution is 2.34. The number of aliphatic hydroxyl groups is 1. The lowest BCUT2D eigenvalue weighted by Crippen LogP contribution is -2.10. The molecule has 0 saturated heterocycles. The number of fused-ring (bicyclic) bond motifs is 3. The van der Waals surface area contributed by atoms with Gasteiger partial charge in [0.2, 0.25) is 0 Å². The van der Waals surface area contributed by atoms with E-state index in [4.69, 9.17) is 4.99 Å². The van der Waals surface area contributed by atoms with Crippen LogP contribution in [0.4, 0.5) is 0 Å². The molecule has 0 spiro atoms. The second-order valence-corrected chi connectivity index (χ2v) is 7.32. The van der Waals surface area contributed by atoms with Crippen LogP contribution in [0.1, 0.15) is 41.7 Å². The van der Waals surface area contributed by atoms with Crippen LogP contribution < -0.4 is 0 Å². The summed E-state index contributed by atoms with van der Waals surface area (Å²) in [4.78, 5) is 25.0. The molecule has 8 heteroatoms. The van der Waals surface area contributed by atoms with Gasteiger partial charge in [-0.05, 0) is 36.8 Å². The van der Waals surface area contributed by atoms with E-state index >= 15 is 0 Å². The van der Waals surface area contributed by atoms with Crippen LogP contribution >= 0.6 is 15.9 Å². The number of benzene rings is 1. The SMILES string of the molecule is O=C(O)CCC1N=C(c2ccccn2)c2cc(Br)ccc2-n2c(CO)cnc21. The van der Waals surface area contributed by atoms with Crippen LogP contribution in [0.25, 0.3) is 5.69 Å². The summed E-state index contributed by atoms with van der Waals surface area (Å²) in [7, 11) is 0. The van der Waals surface area contributed by atoms with E-state index in [0.29, 0.717) is 29.3 Å². The Morgan fingerprint density at radius 3 is 2.79 bits per heavy atom. The van der Waals surface area contributed by atoms with E-state index in [2.05, 4.69) is 25.9 Å². The molecule has 0 bridgehead atoms. The predicted octanol–water partition coefficient (Wildman–Crippen LogP) is 3.28. The average Bonchev–Trinajstić information content (AvgIpc) is 3.07. The van der Waals surface area contributed by atoms with Gasteiger partial charge >= 0.3 is 5.97 Å².